The molecule has 0 radical (unpaired) electrons. The number of carbonyl (C=O) groups is 2. The van der Waals surface area contributed by atoms with Crippen LogP contribution in [0, 0.1) is 0 Å². The Morgan fingerprint density at radius 2 is 1.78 bits per heavy atom. The molecule has 0 spiro atoms. The van der Waals surface area contributed by atoms with Crippen molar-refractivity contribution in [1.29, 1.82) is 0 Å². The molecule has 0 fully saturated rings. The minimum atomic E-state index is -0.340. The van der Waals surface area contributed by atoms with Crippen molar-refractivity contribution < 1.29 is 18.7 Å². The van der Waals surface area contributed by atoms with Crippen LogP contribution in [0.4, 0.5) is 11.4 Å². The van der Waals surface area contributed by atoms with E-state index in [0.29, 0.717) is 17.1 Å². The highest BCUT2D eigenvalue weighted by Gasteiger charge is 2.09. The number of rotatable bonds is 6. The van der Waals surface area contributed by atoms with Crippen LogP contribution in [-0.4, -0.2) is 18.4 Å². The lowest BCUT2D eigenvalue weighted by atomic mass is 10.3. The van der Waals surface area contributed by atoms with Gasteiger partial charge in [0.1, 0.15) is 5.75 Å². The van der Waals surface area contributed by atoms with Crippen molar-refractivity contribution in [2.24, 2.45) is 0 Å². The van der Waals surface area contributed by atoms with Gasteiger partial charge in [0.25, 0.3) is 11.8 Å². The molecule has 3 rings (SSSR count). The fourth-order valence-corrected chi connectivity index (χ4v) is 3.31. The van der Waals surface area contributed by atoms with Gasteiger partial charge < -0.3 is 19.8 Å². The highest BCUT2D eigenvalue weighted by atomic mass is 79.9. The van der Waals surface area contributed by atoms with Crippen LogP contribution in [0.25, 0.3) is 0 Å². The first kappa shape index (κ1) is 19.2. The van der Waals surface area contributed by atoms with Gasteiger partial charge in [0.2, 0.25) is 0 Å². The lowest BCUT2D eigenvalue weighted by Crippen LogP contribution is -2.20. The van der Waals surface area contributed by atoms with E-state index < -0.39 is 0 Å². The number of amides is 2. The number of furan rings is 1. The third-order valence-electron chi connectivity index (χ3n) is 3.43. The molecular weight excluding hydrogens is 480 g/mol. The van der Waals surface area contributed by atoms with Crippen LogP contribution < -0.4 is 15.4 Å². The molecule has 2 amide bonds. The van der Waals surface area contributed by atoms with E-state index in [9.17, 15) is 9.59 Å². The van der Waals surface area contributed by atoms with E-state index in [2.05, 4.69) is 42.5 Å². The number of halogens is 2. The predicted octanol–water partition coefficient (Wildman–Crippen LogP) is 5.07. The summed E-state index contributed by atoms with van der Waals surface area (Å²) in [4.78, 5) is 23.9. The van der Waals surface area contributed by atoms with Gasteiger partial charge >= 0.3 is 0 Å². The van der Waals surface area contributed by atoms with Gasteiger partial charge in [0.15, 0.2) is 12.4 Å². The van der Waals surface area contributed by atoms with Gasteiger partial charge in [0, 0.05) is 14.6 Å². The minimum absolute atomic E-state index is 0.138. The number of hydrogen-bond donors (Lipinski definition) is 2. The number of ether oxygens (including phenoxy) is 1. The Labute approximate surface area is 172 Å². The SMILES string of the molecule is O=C(COc1ccc(NC(=O)c2ccco2)cc1)Nc1ccc(Br)cc1Br. The minimum Gasteiger partial charge on any atom is -0.484 e. The number of anilines is 2. The molecule has 1 aromatic heterocycles. The van der Waals surface area contributed by atoms with Gasteiger partial charge in [-0.2, -0.15) is 0 Å². The van der Waals surface area contributed by atoms with Crippen molar-refractivity contribution in [3.8, 4) is 5.75 Å². The zero-order valence-electron chi connectivity index (χ0n) is 13.9. The van der Waals surface area contributed by atoms with E-state index in [1.54, 1.807) is 42.5 Å². The molecule has 1 heterocycles. The monoisotopic (exact) mass is 492 g/mol. The van der Waals surface area contributed by atoms with Crippen molar-refractivity contribution >= 4 is 55.0 Å². The molecule has 0 atom stereocenters. The molecule has 138 valence electrons. The van der Waals surface area contributed by atoms with E-state index in [1.165, 1.54) is 6.26 Å². The molecule has 0 unspecified atom stereocenters. The number of benzene rings is 2. The molecule has 0 aliphatic carbocycles. The summed E-state index contributed by atoms with van der Waals surface area (Å²) in [6.45, 7) is -0.138. The summed E-state index contributed by atoms with van der Waals surface area (Å²) < 4.78 is 12.2. The summed E-state index contributed by atoms with van der Waals surface area (Å²) >= 11 is 6.74. The zero-order valence-corrected chi connectivity index (χ0v) is 17.0. The Balaban J connectivity index is 1.51. The van der Waals surface area contributed by atoms with E-state index in [0.717, 1.165) is 8.95 Å². The normalized spacial score (nSPS) is 10.3. The summed E-state index contributed by atoms with van der Waals surface area (Å²) in [7, 11) is 0. The Morgan fingerprint density at radius 3 is 2.44 bits per heavy atom. The summed E-state index contributed by atoms with van der Waals surface area (Å²) in [6, 6.07) is 15.4. The number of nitrogens with one attached hydrogen (secondary N) is 2. The molecule has 0 saturated carbocycles. The highest BCUT2D eigenvalue weighted by molar-refractivity contribution is 9.11. The van der Waals surface area contributed by atoms with Crippen LogP contribution >= 0.6 is 31.9 Å². The van der Waals surface area contributed by atoms with Crippen LogP contribution in [0.15, 0.2) is 74.2 Å². The fourth-order valence-electron chi connectivity index (χ4n) is 2.16. The molecule has 2 N–H and O–H groups in total. The molecule has 3 aromatic rings. The maximum absolute atomic E-state index is 12.0. The van der Waals surface area contributed by atoms with Gasteiger partial charge in [-0.1, -0.05) is 15.9 Å². The Bertz CT molecular complexity index is 941. The summed E-state index contributed by atoms with van der Waals surface area (Å²) in [6.07, 6.45) is 1.43. The topological polar surface area (TPSA) is 80.6 Å². The lowest BCUT2D eigenvalue weighted by molar-refractivity contribution is -0.118. The second-order valence-corrected chi connectivity index (χ2v) is 7.19. The average Bonchev–Trinajstić information content (AvgIpc) is 3.18. The van der Waals surface area contributed by atoms with Crippen molar-refractivity contribution in [2.45, 2.75) is 0 Å². The molecule has 6 nitrogen and oxygen atoms in total. The molecular formula is C19H14Br2N2O4. The molecule has 0 aliphatic rings. The van der Waals surface area contributed by atoms with Crippen molar-refractivity contribution in [3.05, 3.63) is 75.6 Å². The van der Waals surface area contributed by atoms with Crippen molar-refractivity contribution in [3.63, 3.8) is 0 Å². The summed E-state index contributed by atoms with van der Waals surface area (Å²) in [5.74, 6) is 0.114. The maximum atomic E-state index is 12.0. The van der Waals surface area contributed by atoms with Gasteiger partial charge in [0.05, 0.1) is 12.0 Å². The third kappa shape index (κ3) is 5.45. The maximum Gasteiger partial charge on any atom is 0.291 e. The second-order valence-electron chi connectivity index (χ2n) is 5.42. The van der Waals surface area contributed by atoms with Crippen molar-refractivity contribution in [2.75, 3.05) is 17.2 Å². The third-order valence-corrected chi connectivity index (χ3v) is 4.58. The van der Waals surface area contributed by atoms with Gasteiger partial charge in [-0.15, -0.1) is 0 Å². The van der Waals surface area contributed by atoms with Crippen LogP contribution in [0.3, 0.4) is 0 Å². The van der Waals surface area contributed by atoms with Crippen LogP contribution in [0.1, 0.15) is 10.6 Å². The van der Waals surface area contributed by atoms with Crippen LogP contribution in [-0.2, 0) is 4.79 Å². The Hall–Kier alpha value is -2.58. The van der Waals surface area contributed by atoms with Crippen molar-refractivity contribution in [1.82, 2.24) is 0 Å². The van der Waals surface area contributed by atoms with Gasteiger partial charge in [-0.25, -0.2) is 0 Å². The Kier molecular flexibility index (Phi) is 6.31. The molecule has 2 aromatic carbocycles. The van der Waals surface area contributed by atoms with Crippen LogP contribution in [0.5, 0.6) is 5.75 Å². The number of carbonyl (C=O) groups excluding carboxylic acids is 2. The first-order valence-corrected chi connectivity index (χ1v) is 9.42. The zero-order chi connectivity index (χ0) is 19.2. The Morgan fingerprint density at radius 1 is 1.00 bits per heavy atom. The molecule has 0 aliphatic heterocycles. The first-order valence-electron chi connectivity index (χ1n) is 7.84. The van der Waals surface area contributed by atoms with Gasteiger partial charge in [-0.05, 0) is 70.5 Å². The lowest BCUT2D eigenvalue weighted by Gasteiger charge is -2.10. The average molecular weight is 494 g/mol. The predicted molar refractivity (Wildman–Crippen MR) is 109 cm³/mol. The first-order chi connectivity index (χ1) is 13.0. The molecule has 8 heteroatoms. The number of hydrogen-bond acceptors (Lipinski definition) is 4. The van der Waals surface area contributed by atoms with Crippen LogP contribution in [0.2, 0.25) is 0 Å². The highest BCUT2D eigenvalue weighted by Crippen LogP contribution is 2.26. The smallest absolute Gasteiger partial charge is 0.291 e. The summed E-state index contributed by atoms with van der Waals surface area (Å²) in [5, 5.41) is 5.46. The van der Waals surface area contributed by atoms with E-state index >= 15 is 0 Å². The molecule has 27 heavy (non-hydrogen) atoms. The second kappa shape index (κ2) is 8.88. The van der Waals surface area contributed by atoms with E-state index in [4.69, 9.17) is 9.15 Å². The quantitative estimate of drug-likeness (QED) is 0.502. The van der Waals surface area contributed by atoms with Gasteiger partial charge in [-0.3, -0.25) is 9.59 Å². The van der Waals surface area contributed by atoms with E-state index in [-0.39, 0.29) is 24.2 Å². The molecule has 0 saturated heterocycles. The van der Waals surface area contributed by atoms with E-state index in [1.807, 2.05) is 12.1 Å². The molecule has 0 bridgehead atoms. The fraction of sp³-hybridized carbons (Fsp3) is 0.0526. The summed E-state index contributed by atoms with van der Waals surface area (Å²) in [5.41, 5.74) is 1.25. The standard InChI is InChI=1S/C19H14Br2N2O4/c20-12-3-8-16(15(21)10-12)23-18(24)11-27-14-6-4-13(5-7-14)22-19(25)17-2-1-9-26-17/h1-10H,11H2,(H,22,25)(H,23,24). The largest absolute Gasteiger partial charge is 0.484 e.